The van der Waals surface area contributed by atoms with Crippen LogP contribution in [0.5, 0.6) is 0 Å². The minimum atomic E-state index is 0.941. The molecule has 0 bridgehead atoms. The third-order valence-corrected chi connectivity index (χ3v) is 5.78. The molecule has 0 radical (unpaired) electrons. The zero-order valence-corrected chi connectivity index (χ0v) is 17.6. The summed E-state index contributed by atoms with van der Waals surface area (Å²) < 4.78 is 0. The summed E-state index contributed by atoms with van der Waals surface area (Å²) in [6, 6.07) is 17.7. The molecule has 0 aliphatic rings. The van der Waals surface area contributed by atoms with E-state index in [-0.39, 0.29) is 0 Å². The number of nitrogens with two attached hydrogens (primary N) is 2. The first-order chi connectivity index (χ1) is 13.5. The summed E-state index contributed by atoms with van der Waals surface area (Å²) >= 11 is 0. The van der Waals surface area contributed by atoms with Crippen LogP contribution in [0.25, 0.3) is 22.3 Å². The maximum Gasteiger partial charge on any atom is 0.0379 e. The lowest BCUT2D eigenvalue weighted by Gasteiger charge is -2.17. The molecule has 0 amide bonds. The Morgan fingerprint density at radius 3 is 1.07 bits per heavy atom. The fourth-order valence-electron chi connectivity index (χ4n) is 4.03. The summed E-state index contributed by atoms with van der Waals surface area (Å²) in [4.78, 5) is 0. The lowest BCUT2D eigenvalue weighted by molar-refractivity contribution is 1.09. The fraction of sp³-hybridized carbons (Fsp3) is 0.308. The highest BCUT2D eigenvalue weighted by atomic mass is 14.6. The van der Waals surface area contributed by atoms with E-state index in [0.717, 1.165) is 37.1 Å². The summed E-state index contributed by atoms with van der Waals surface area (Å²) in [6.45, 7) is 8.67. The van der Waals surface area contributed by atoms with Crippen LogP contribution in [0.1, 0.15) is 49.9 Å². The second-order valence-electron chi connectivity index (χ2n) is 7.38. The van der Waals surface area contributed by atoms with Crippen LogP contribution in [0.3, 0.4) is 0 Å². The van der Waals surface area contributed by atoms with E-state index in [1.807, 2.05) is 0 Å². The van der Waals surface area contributed by atoms with Crippen molar-refractivity contribution in [3.05, 3.63) is 70.8 Å². The number of aryl methyl sites for hydroxylation is 4. The third kappa shape index (κ3) is 3.64. The Morgan fingerprint density at radius 1 is 0.536 bits per heavy atom. The van der Waals surface area contributed by atoms with Gasteiger partial charge in [-0.3, -0.25) is 0 Å². The van der Waals surface area contributed by atoms with Crippen LogP contribution in [0.4, 0.5) is 11.4 Å². The monoisotopic (exact) mass is 372 g/mol. The van der Waals surface area contributed by atoms with Crippen LogP contribution in [-0.4, -0.2) is 0 Å². The molecule has 0 aliphatic carbocycles. The highest BCUT2D eigenvalue weighted by Crippen LogP contribution is 2.37. The van der Waals surface area contributed by atoms with Crippen molar-refractivity contribution in [1.82, 2.24) is 0 Å². The van der Waals surface area contributed by atoms with Crippen LogP contribution in [0.15, 0.2) is 48.5 Å². The molecule has 0 aliphatic heterocycles. The highest BCUT2D eigenvalue weighted by molar-refractivity contribution is 5.86. The molecule has 2 heteroatoms. The van der Waals surface area contributed by atoms with Crippen LogP contribution in [0.2, 0.25) is 0 Å². The zero-order valence-electron chi connectivity index (χ0n) is 17.6. The highest BCUT2D eigenvalue weighted by Gasteiger charge is 2.14. The average molecular weight is 373 g/mol. The van der Waals surface area contributed by atoms with Crippen LogP contribution >= 0.6 is 0 Å². The van der Waals surface area contributed by atoms with Crippen molar-refractivity contribution in [2.45, 2.75) is 53.4 Å². The van der Waals surface area contributed by atoms with Gasteiger partial charge in [-0.1, -0.05) is 52.0 Å². The van der Waals surface area contributed by atoms with Crippen molar-refractivity contribution in [2.75, 3.05) is 11.5 Å². The zero-order chi connectivity index (χ0) is 20.3. The molecule has 2 nitrogen and oxygen atoms in total. The molecule has 146 valence electrons. The van der Waals surface area contributed by atoms with Crippen molar-refractivity contribution < 1.29 is 0 Å². The van der Waals surface area contributed by atoms with E-state index in [2.05, 4.69) is 76.2 Å². The number of rotatable bonds is 6. The second kappa shape index (κ2) is 8.52. The maximum atomic E-state index is 6.38. The Bertz CT molecular complexity index is 855. The molecule has 0 heterocycles. The summed E-state index contributed by atoms with van der Waals surface area (Å²) in [7, 11) is 0. The average Bonchev–Trinajstić information content (AvgIpc) is 2.74. The largest absolute Gasteiger partial charge is 0.398 e. The molecular weight excluding hydrogens is 340 g/mol. The van der Waals surface area contributed by atoms with Gasteiger partial charge in [-0.2, -0.15) is 0 Å². The second-order valence-corrected chi connectivity index (χ2v) is 7.38. The quantitative estimate of drug-likeness (QED) is 0.490. The molecule has 4 N–H and O–H groups in total. The Hall–Kier alpha value is -2.74. The van der Waals surface area contributed by atoms with Gasteiger partial charge in [0.25, 0.3) is 0 Å². The SMILES string of the molecule is CCc1cc(-c2ccccc2-c2cc(CC)c(N)c(CC)c2)cc(CC)c1N. The smallest absolute Gasteiger partial charge is 0.0379 e. The summed E-state index contributed by atoms with van der Waals surface area (Å²) in [5, 5.41) is 0. The van der Waals surface area contributed by atoms with Crippen molar-refractivity contribution >= 4 is 11.4 Å². The van der Waals surface area contributed by atoms with Crippen LogP contribution < -0.4 is 11.5 Å². The Kier molecular flexibility index (Phi) is 6.08. The number of anilines is 2. The lowest BCUT2D eigenvalue weighted by atomic mass is 9.88. The molecular formula is C26H32N2. The van der Waals surface area contributed by atoms with Gasteiger partial charge in [-0.05, 0) is 94.5 Å². The Labute approximate surface area is 169 Å². The number of nitrogen functional groups attached to an aromatic ring is 2. The predicted octanol–water partition coefficient (Wildman–Crippen LogP) is 6.43. The predicted molar refractivity (Wildman–Crippen MR) is 124 cm³/mol. The molecule has 0 spiro atoms. The molecule has 3 aromatic carbocycles. The van der Waals surface area contributed by atoms with Gasteiger partial charge in [0.05, 0.1) is 0 Å². The van der Waals surface area contributed by atoms with Gasteiger partial charge in [0.15, 0.2) is 0 Å². The van der Waals surface area contributed by atoms with Gasteiger partial charge in [0, 0.05) is 11.4 Å². The maximum absolute atomic E-state index is 6.38. The molecule has 0 saturated carbocycles. The Balaban J connectivity index is 2.24. The van der Waals surface area contributed by atoms with Gasteiger partial charge in [0.1, 0.15) is 0 Å². The first-order valence-electron chi connectivity index (χ1n) is 10.5. The van der Waals surface area contributed by atoms with E-state index in [4.69, 9.17) is 11.5 Å². The molecule has 0 unspecified atom stereocenters. The van der Waals surface area contributed by atoms with Gasteiger partial charge in [-0.25, -0.2) is 0 Å². The van der Waals surface area contributed by atoms with Gasteiger partial charge in [0.2, 0.25) is 0 Å². The molecule has 0 aromatic heterocycles. The fourth-order valence-corrected chi connectivity index (χ4v) is 4.03. The van der Waals surface area contributed by atoms with E-state index < -0.39 is 0 Å². The van der Waals surface area contributed by atoms with E-state index in [1.54, 1.807) is 0 Å². The van der Waals surface area contributed by atoms with Crippen molar-refractivity contribution in [1.29, 1.82) is 0 Å². The van der Waals surface area contributed by atoms with Crippen molar-refractivity contribution in [3.63, 3.8) is 0 Å². The molecule has 0 saturated heterocycles. The standard InChI is InChI=1S/C26H32N2/c1-5-17-13-21(14-18(6-2)25(17)27)23-11-9-10-12-24(23)22-15-19(7-3)26(28)20(8-4)16-22/h9-16H,5-8,27-28H2,1-4H3. The minimum absolute atomic E-state index is 0.941. The van der Waals surface area contributed by atoms with E-state index in [9.17, 15) is 0 Å². The molecule has 28 heavy (non-hydrogen) atoms. The van der Waals surface area contributed by atoms with Crippen molar-refractivity contribution in [2.24, 2.45) is 0 Å². The number of hydrogen-bond acceptors (Lipinski definition) is 2. The normalized spacial score (nSPS) is 11.0. The van der Waals surface area contributed by atoms with Crippen LogP contribution in [-0.2, 0) is 25.7 Å². The first kappa shape index (κ1) is 20.0. The molecule has 3 aromatic rings. The van der Waals surface area contributed by atoms with Gasteiger partial charge >= 0.3 is 0 Å². The number of hydrogen-bond donors (Lipinski definition) is 2. The topological polar surface area (TPSA) is 52.0 Å². The lowest BCUT2D eigenvalue weighted by Crippen LogP contribution is -2.01. The summed E-state index contributed by atoms with van der Waals surface area (Å²) in [5.41, 5.74) is 24.5. The van der Waals surface area contributed by atoms with Gasteiger partial charge < -0.3 is 11.5 Å². The van der Waals surface area contributed by atoms with Gasteiger partial charge in [-0.15, -0.1) is 0 Å². The summed E-state index contributed by atoms with van der Waals surface area (Å²) in [5.74, 6) is 0. The summed E-state index contributed by atoms with van der Waals surface area (Å²) in [6.07, 6.45) is 3.76. The molecule has 0 fully saturated rings. The Morgan fingerprint density at radius 2 is 0.821 bits per heavy atom. The third-order valence-electron chi connectivity index (χ3n) is 5.78. The molecule has 0 atom stereocenters. The van der Waals surface area contributed by atoms with E-state index >= 15 is 0 Å². The van der Waals surface area contributed by atoms with Crippen molar-refractivity contribution in [3.8, 4) is 22.3 Å². The number of benzene rings is 3. The van der Waals surface area contributed by atoms with E-state index in [0.29, 0.717) is 0 Å². The molecule has 3 rings (SSSR count). The first-order valence-corrected chi connectivity index (χ1v) is 10.5. The van der Waals surface area contributed by atoms with E-state index in [1.165, 1.54) is 44.5 Å². The van der Waals surface area contributed by atoms with Crippen LogP contribution in [0, 0.1) is 0 Å². The minimum Gasteiger partial charge on any atom is -0.398 e.